The van der Waals surface area contributed by atoms with Crippen LogP contribution in [0.5, 0.6) is 0 Å². The van der Waals surface area contributed by atoms with Crippen molar-refractivity contribution in [3.8, 4) is 21.8 Å². The van der Waals surface area contributed by atoms with E-state index >= 15 is 0 Å². The smallest absolute Gasteiger partial charge is 0.224 e. The van der Waals surface area contributed by atoms with E-state index in [0.29, 0.717) is 6.42 Å². The first-order chi connectivity index (χ1) is 11.2. The molecular formula is C18H15FN2OS. The van der Waals surface area contributed by atoms with Crippen LogP contribution in [-0.2, 0) is 4.79 Å². The third kappa shape index (κ3) is 3.63. The van der Waals surface area contributed by atoms with Gasteiger partial charge in [-0.05, 0) is 36.4 Å². The average Bonchev–Trinajstić information content (AvgIpc) is 3.06. The molecule has 1 heterocycles. The monoisotopic (exact) mass is 326 g/mol. The highest BCUT2D eigenvalue weighted by Crippen LogP contribution is 2.29. The third-order valence-electron chi connectivity index (χ3n) is 3.38. The summed E-state index contributed by atoms with van der Waals surface area (Å²) in [5.74, 6) is -0.264. The first-order valence-corrected chi connectivity index (χ1v) is 8.15. The molecule has 23 heavy (non-hydrogen) atoms. The van der Waals surface area contributed by atoms with Crippen molar-refractivity contribution in [3.05, 3.63) is 59.7 Å². The normalized spacial score (nSPS) is 10.5. The van der Waals surface area contributed by atoms with Crippen LogP contribution in [0.2, 0.25) is 0 Å². The van der Waals surface area contributed by atoms with Gasteiger partial charge in [-0.15, -0.1) is 11.3 Å². The third-order valence-corrected chi connectivity index (χ3v) is 4.27. The van der Waals surface area contributed by atoms with Crippen molar-refractivity contribution in [1.82, 2.24) is 4.98 Å². The van der Waals surface area contributed by atoms with E-state index in [1.54, 1.807) is 12.1 Å². The second kappa shape index (κ2) is 6.71. The summed E-state index contributed by atoms with van der Waals surface area (Å²) < 4.78 is 13.0. The average molecular weight is 326 g/mol. The fourth-order valence-electron chi connectivity index (χ4n) is 2.11. The molecule has 1 aromatic heterocycles. The molecule has 3 rings (SSSR count). The maximum atomic E-state index is 13.0. The summed E-state index contributed by atoms with van der Waals surface area (Å²) in [7, 11) is 0. The van der Waals surface area contributed by atoms with Crippen molar-refractivity contribution < 1.29 is 9.18 Å². The maximum absolute atomic E-state index is 13.0. The van der Waals surface area contributed by atoms with Gasteiger partial charge < -0.3 is 5.32 Å². The number of carbonyl (C=O) groups is 1. The molecule has 0 radical (unpaired) electrons. The second-order valence-electron chi connectivity index (χ2n) is 5.02. The molecule has 0 saturated heterocycles. The number of thiazole rings is 1. The molecule has 0 aliphatic heterocycles. The van der Waals surface area contributed by atoms with Crippen LogP contribution in [-0.4, -0.2) is 10.9 Å². The zero-order valence-electron chi connectivity index (χ0n) is 12.5. The van der Waals surface area contributed by atoms with E-state index in [9.17, 15) is 9.18 Å². The van der Waals surface area contributed by atoms with Crippen LogP contribution in [0, 0.1) is 5.82 Å². The molecule has 3 aromatic rings. The Morgan fingerprint density at radius 3 is 2.39 bits per heavy atom. The van der Waals surface area contributed by atoms with Crippen molar-refractivity contribution in [2.75, 3.05) is 5.32 Å². The van der Waals surface area contributed by atoms with E-state index in [1.165, 1.54) is 23.5 Å². The summed E-state index contributed by atoms with van der Waals surface area (Å²) in [5, 5.41) is 5.64. The van der Waals surface area contributed by atoms with Gasteiger partial charge in [-0.3, -0.25) is 4.79 Å². The van der Waals surface area contributed by atoms with E-state index < -0.39 is 0 Å². The molecule has 1 amide bonds. The lowest BCUT2D eigenvalue weighted by atomic mass is 10.1. The van der Waals surface area contributed by atoms with E-state index in [2.05, 4.69) is 10.3 Å². The molecule has 0 spiro atoms. The van der Waals surface area contributed by atoms with Gasteiger partial charge in [0.1, 0.15) is 10.8 Å². The van der Waals surface area contributed by atoms with Gasteiger partial charge in [0.25, 0.3) is 0 Å². The number of hydrogen-bond donors (Lipinski definition) is 1. The molecule has 0 aliphatic rings. The van der Waals surface area contributed by atoms with Gasteiger partial charge in [-0.25, -0.2) is 9.37 Å². The van der Waals surface area contributed by atoms with Gasteiger partial charge in [-0.1, -0.05) is 19.1 Å². The van der Waals surface area contributed by atoms with Gasteiger partial charge >= 0.3 is 0 Å². The zero-order valence-corrected chi connectivity index (χ0v) is 13.4. The summed E-state index contributed by atoms with van der Waals surface area (Å²) in [4.78, 5) is 16.0. The molecular weight excluding hydrogens is 311 g/mol. The first-order valence-electron chi connectivity index (χ1n) is 7.27. The molecule has 0 atom stereocenters. The van der Waals surface area contributed by atoms with E-state index in [4.69, 9.17) is 0 Å². The highest BCUT2D eigenvalue weighted by Gasteiger charge is 2.07. The van der Waals surface area contributed by atoms with Crippen LogP contribution < -0.4 is 5.32 Å². The molecule has 0 aliphatic carbocycles. The number of anilines is 1. The molecule has 5 heteroatoms. The standard InChI is InChI=1S/C18H15FN2OS/c1-2-17(22)20-15-9-5-12(6-10-15)16-11-23-18(21-16)13-3-7-14(19)8-4-13/h3-11H,2H2,1H3,(H,20,22). The largest absolute Gasteiger partial charge is 0.326 e. The topological polar surface area (TPSA) is 42.0 Å². The Balaban J connectivity index is 1.80. The second-order valence-corrected chi connectivity index (χ2v) is 5.88. The van der Waals surface area contributed by atoms with Crippen LogP contribution in [0.3, 0.4) is 0 Å². The number of halogens is 1. The molecule has 0 bridgehead atoms. The minimum absolute atomic E-state index is 0.00926. The van der Waals surface area contributed by atoms with Crippen LogP contribution in [0.15, 0.2) is 53.9 Å². The number of nitrogens with one attached hydrogen (secondary N) is 1. The predicted molar refractivity (Wildman–Crippen MR) is 91.9 cm³/mol. The molecule has 2 aromatic carbocycles. The van der Waals surface area contributed by atoms with Crippen molar-refractivity contribution in [2.24, 2.45) is 0 Å². The number of nitrogens with zero attached hydrogens (tertiary/aromatic N) is 1. The lowest BCUT2D eigenvalue weighted by Crippen LogP contribution is -2.08. The summed E-state index contributed by atoms with van der Waals surface area (Å²) in [5.41, 5.74) is 3.51. The summed E-state index contributed by atoms with van der Waals surface area (Å²) in [6, 6.07) is 13.9. The van der Waals surface area contributed by atoms with Crippen molar-refractivity contribution in [3.63, 3.8) is 0 Å². The predicted octanol–water partition coefficient (Wildman–Crippen LogP) is 4.96. The molecule has 0 saturated carbocycles. The molecule has 1 N–H and O–H groups in total. The Morgan fingerprint density at radius 1 is 1.09 bits per heavy atom. The fourth-order valence-corrected chi connectivity index (χ4v) is 2.94. The van der Waals surface area contributed by atoms with E-state index in [1.807, 2.05) is 36.6 Å². The maximum Gasteiger partial charge on any atom is 0.224 e. The Morgan fingerprint density at radius 2 is 1.74 bits per heavy atom. The number of rotatable bonds is 4. The molecule has 0 fully saturated rings. The van der Waals surface area contributed by atoms with Gasteiger partial charge in [-0.2, -0.15) is 0 Å². The Labute approximate surface area is 137 Å². The van der Waals surface area contributed by atoms with Crippen molar-refractivity contribution in [2.45, 2.75) is 13.3 Å². The zero-order chi connectivity index (χ0) is 16.2. The van der Waals surface area contributed by atoms with E-state index in [0.717, 1.165) is 27.5 Å². The first kappa shape index (κ1) is 15.4. The van der Waals surface area contributed by atoms with Gasteiger partial charge in [0.2, 0.25) is 5.91 Å². The molecule has 116 valence electrons. The number of benzene rings is 2. The SMILES string of the molecule is CCC(=O)Nc1ccc(-c2csc(-c3ccc(F)cc3)n2)cc1. The highest BCUT2D eigenvalue weighted by atomic mass is 32.1. The fraction of sp³-hybridized carbons (Fsp3) is 0.111. The van der Waals surface area contributed by atoms with Crippen molar-refractivity contribution in [1.29, 1.82) is 0 Å². The number of amides is 1. The van der Waals surface area contributed by atoms with Crippen LogP contribution >= 0.6 is 11.3 Å². The van der Waals surface area contributed by atoms with Gasteiger partial charge in [0.15, 0.2) is 0 Å². The van der Waals surface area contributed by atoms with Crippen LogP contribution in [0.1, 0.15) is 13.3 Å². The minimum atomic E-state index is -0.254. The summed E-state index contributed by atoms with van der Waals surface area (Å²) in [6.07, 6.45) is 0.453. The quantitative estimate of drug-likeness (QED) is 0.736. The van der Waals surface area contributed by atoms with Crippen LogP contribution in [0.25, 0.3) is 21.8 Å². The number of hydrogen-bond acceptors (Lipinski definition) is 3. The Kier molecular flexibility index (Phi) is 4.48. The summed E-state index contributed by atoms with van der Waals surface area (Å²) in [6.45, 7) is 1.82. The molecule has 3 nitrogen and oxygen atoms in total. The Bertz CT molecular complexity index is 810. The number of aromatic nitrogens is 1. The number of carbonyl (C=O) groups excluding carboxylic acids is 1. The molecule has 0 unspecified atom stereocenters. The van der Waals surface area contributed by atoms with E-state index in [-0.39, 0.29) is 11.7 Å². The van der Waals surface area contributed by atoms with Gasteiger partial charge in [0.05, 0.1) is 5.69 Å². The van der Waals surface area contributed by atoms with Crippen molar-refractivity contribution >= 4 is 22.9 Å². The van der Waals surface area contributed by atoms with Gasteiger partial charge in [0, 0.05) is 28.6 Å². The Hall–Kier alpha value is -2.53. The lowest BCUT2D eigenvalue weighted by molar-refractivity contribution is -0.115. The highest BCUT2D eigenvalue weighted by molar-refractivity contribution is 7.13. The summed E-state index contributed by atoms with van der Waals surface area (Å²) >= 11 is 1.52. The minimum Gasteiger partial charge on any atom is -0.326 e. The lowest BCUT2D eigenvalue weighted by Gasteiger charge is -2.04. The van der Waals surface area contributed by atoms with Crippen LogP contribution in [0.4, 0.5) is 10.1 Å².